The topological polar surface area (TPSA) is 42.2 Å². The second-order valence-corrected chi connectivity index (χ2v) is 5.44. The quantitative estimate of drug-likeness (QED) is 0.878. The van der Waals surface area contributed by atoms with E-state index in [2.05, 4.69) is 41.1 Å². The second-order valence-electron chi connectivity index (χ2n) is 5.00. The predicted octanol–water partition coefficient (Wildman–Crippen LogP) is 3.41. The molecule has 0 unspecified atom stereocenters. The van der Waals surface area contributed by atoms with E-state index in [0.29, 0.717) is 4.99 Å². The monoisotopic (exact) mass is 285 g/mol. The van der Waals surface area contributed by atoms with E-state index < -0.39 is 0 Å². The lowest BCUT2D eigenvalue weighted by atomic mass is 10.1. The number of thiocarbonyl (C=S) groups is 1. The molecule has 20 heavy (non-hydrogen) atoms. The summed E-state index contributed by atoms with van der Waals surface area (Å²) in [6.45, 7) is 5.99. The number of pyridine rings is 1. The molecule has 104 valence electrons. The SMILES string of the molecule is Cc1ccc(N(C)c2cc(C)nc(C)c2C(N)=S)cc1. The highest BCUT2D eigenvalue weighted by molar-refractivity contribution is 7.80. The summed E-state index contributed by atoms with van der Waals surface area (Å²) < 4.78 is 0. The molecule has 0 amide bonds. The minimum Gasteiger partial charge on any atom is -0.389 e. The van der Waals surface area contributed by atoms with Gasteiger partial charge in [-0.05, 0) is 39.0 Å². The summed E-state index contributed by atoms with van der Waals surface area (Å²) >= 11 is 5.18. The van der Waals surface area contributed by atoms with Crippen LogP contribution in [0.3, 0.4) is 0 Å². The first-order valence-corrected chi connectivity index (χ1v) is 6.89. The summed E-state index contributed by atoms with van der Waals surface area (Å²) in [6, 6.07) is 10.4. The Kier molecular flexibility index (Phi) is 4.04. The lowest BCUT2D eigenvalue weighted by molar-refractivity contribution is 1.08. The van der Waals surface area contributed by atoms with E-state index in [-0.39, 0.29) is 0 Å². The zero-order chi connectivity index (χ0) is 14.9. The molecule has 0 aliphatic heterocycles. The molecule has 2 rings (SSSR count). The maximum absolute atomic E-state index is 5.87. The van der Waals surface area contributed by atoms with E-state index in [9.17, 15) is 0 Å². The summed E-state index contributed by atoms with van der Waals surface area (Å²) in [5.41, 5.74) is 11.9. The molecule has 1 aromatic carbocycles. The van der Waals surface area contributed by atoms with Crippen LogP contribution >= 0.6 is 12.2 Å². The molecule has 0 radical (unpaired) electrons. The number of aromatic nitrogens is 1. The Hall–Kier alpha value is -1.94. The van der Waals surface area contributed by atoms with Crippen LogP contribution in [-0.2, 0) is 0 Å². The minimum absolute atomic E-state index is 0.379. The van der Waals surface area contributed by atoms with Gasteiger partial charge in [0.15, 0.2) is 0 Å². The third-order valence-corrected chi connectivity index (χ3v) is 3.54. The number of nitrogens with two attached hydrogens (primary N) is 1. The van der Waals surface area contributed by atoms with E-state index in [1.54, 1.807) is 0 Å². The Morgan fingerprint density at radius 2 is 1.75 bits per heavy atom. The molecule has 0 saturated carbocycles. The van der Waals surface area contributed by atoms with E-state index in [0.717, 1.165) is 28.3 Å². The maximum Gasteiger partial charge on any atom is 0.107 e. The smallest absolute Gasteiger partial charge is 0.107 e. The van der Waals surface area contributed by atoms with Crippen LogP contribution in [0.1, 0.15) is 22.5 Å². The Balaban J connectivity index is 2.56. The molecule has 0 fully saturated rings. The Morgan fingerprint density at radius 1 is 1.15 bits per heavy atom. The van der Waals surface area contributed by atoms with Gasteiger partial charge >= 0.3 is 0 Å². The molecule has 0 saturated heterocycles. The highest BCUT2D eigenvalue weighted by Gasteiger charge is 2.15. The van der Waals surface area contributed by atoms with Crippen molar-refractivity contribution in [2.45, 2.75) is 20.8 Å². The van der Waals surface area contributed by atoms with Crippen LogP contribution in [0, 0.1) is 20.8 Å². The van der Waals surface area contributed by atoms with Gasteiger partial charge in [0.1, 0.15) is 4.99 Å². The van der Waals surface area contributed by atoms with Gasteiger partial charge in [0, 0.05) is 24.1 Å². The fraction of sp³-hybridized carbons (Fsp3) is 0.250. The first kappa shape index (κ1) is 14.5. The van der Waals surface area contributed by atoms with Gasteiger partial charge in [-0.15, -0.1) is 0 Å². The molecule has 1 aromatic heterocycles. The van der Waals surface area contributed by atoms with Crippen molar-refractivity contribution in [2.24, 2.45) is 5.73 Å². The highest BCUT2D eigenvalue weighted by atomic mass is 32.1. The van der Waals surface area contributed by atoms with Crippen molar-refractivity contribution < 1.29 is 0 Å². The number of nitrogens with zero attached hydrogens (tertiary/aromatic N) is 2. The molecule has 0 bridgehead atoms. The molecule has 3 nitrogen and oxygen atoms in total. The van der Waals surface area contributed by atoms with Gasteiger partial charge in [-0.3, -0.25) is 4.98 Å². The van der Waals surface area contributed by atoms with Crippen molar-refractivity contribution in [1.82, 2.24) is 4.98 Å². The zero-order valence-corrected chi connectivity index (χ0v) is 13.1. The number of hydrogen-bond donors (Lipinski definition) is 1. The van der Waals surface area contributed by atoms with Gasteiger partial charge in [-0.2, -0.15) is 0 Å². The Labute approximate surface area is 125 Å². The lowest BCUT2D eigenvalue weighted by Crippen LogP contribution is -2.20. The third kappa shape index (κ3) is 2.80. The standard InChI is InChI=1S/C16H19N3S/c1-10-5-7-13(8-6-10)19(4)14-9-11(2)18-12(3)15(14)16(17)20/h5-9H,1-4H3,(H2,17,20). The van der Waals surface area contributed by atoms with E-state index >= 15 is 0 Å². The molecular weight excluding hydrogens is 266 g/mol. The fourth-order valence-corrected chi connectivity index (χ4v) is 2.54. The van der Waals surface area contributed by atoms with Crippen LogP contribution in [-0.4, -0.2) is 17.0 Å². The van der Waals surface area contributed by atoms with Crippen molar-refractivity contribution in [3.05, 3.63) is 52.8 Å². The van der Waals surface area contributed by atoms with E-state index in [4.69, 9.17) is 18.0 Å². The van der Waals surface area contributed by atoms with Crippen LogP contribution in [0.4, 0.5) is 11.4 Å². The van der Waals surface area contributed by atoms with Crippen molar-refractivity contribution in [3.8, 4) is 0 Å². The molecule has 2 aromatic rings. The molecule has 1 heterocycles. The molecular formula is C16H19N3S. The summed E-state index contributed by atoms with van der Waals surface area (Å²) in [7, 11) is 2.01. The molecule has 0 atom stereocenters. The first-order valence-electron chi connectivity index (χ1n) is 6.48. The highest BCUT2D eigenvalue weighted by Crippen LogP contribution is 2.29. The van der Waals surface area contributed by atoms with Crippen molar-refractivity contribution in [1.29, 1.82) is 0 Å². The Morgan fingerprint density at radius 3 is 2.30 bits per heavy atom. The largest absolute Gasteiger partial charge is 0.389 e. The van der Waals surface area contributed by atoms with E-state index in [1.807, 2.05) is 27.0 Å². The number of anilines is 2. The molecule has 0 aliphatic carbocycles. The number of rotatable bonds is 3. The molecule has 0 spiro atoms. The minimum atomic E-state index is 0.379. The number of benzene rings is 1. The predicted molar refractivity (Wildman–Crippen MR) is 88.8 cm³/mol. The van der Waals surface area contributed by atoms with Crippen molar-refractivity contribution in [3.63, 3.8) is 0 Å². The summed E-state index contributed by atoms with van der Waals surface area (Å²) in [5, 5.41) is 0. The third-order valence-electron chi connectivity index (χ3n) is 3.34. The van der Waals surface area contributed by atoms with Crippen LogP contribution in [0.5, 0.6) is 0 Å². The fourth-order valence-electron chi connectivity index (χ4n) is 2.28. The zero-order valence-electron chi connectivity index (χ0n) is 12.3. The van der Waals surface area contributed by atoms with Gasteiger partial charge in [0.05, 0.1) is 11.3 Å². The van der Waals surface area contributed by atoms with Crippen molar-refractivity contribution in [2.75, 3.05) is 11.9 Å². The summed E-state index contributed by atoms with van der Waals surface area (Å²) in [4.78, 5) is 6.92. The van der Waals surface area contributed by atoms with Gasteiger partial charge in [-0.25, -0.2) is 0 Å². The van der Waals surface area contributed by atoms with Gasteiger partial charge in [0.25, 0.3) is 0 Å². The average molecular weight is 285 g/mol. The van der Waals surface area contributed by atoms with Crippen LogP contribution in [0.2, 0.25) is 0 Å². The average Bonchev–Trinajstić information content (AvgIpc) is 2.37. The second kappa shape index (κ2) is 5.59. The van der Waals surface area contributed by atoms with Gasteiger partial charge in [0.2, 0.25) is 0 Å². The molecule has 0 aliphatic rings. The summed E-state index contributed by atoms with van der Waals surface area (Å²) in [6.07, 6.45) is 0. The van der Waals surface area contributed by atoms with Crippen LogP contribution < -0.4 is 10.6 Å². The maximum atomic E-state index is 5.87. The van der Waals surface area contributed by atoms with Crippen LogP contribution in [0.15, 0.2) is 30.3 Å². The van der Waals surface area contributed by atoms with E-state index in [1.165, 1.54) is 5.56 Å². The Bertz CT molecular complexity index is 648. The number of aryl methyl sites for hydroxylation is 3. The first-order chi connectivity index (χ1) is 9.40. The number of hydrogen-bond acceptors (Lipinski definition) is 3. The van der Waals surface area contributed by atoms with Gasteiger partial charge < -0.3 is 10.6 Å². The lowest BCUT2D eigenvalue weighted by Gasteiger charge is -2.24. The molecule has 2 N–H and O–H groups in total. The normalized spacial score (nSPS) is 10.4. The van der Waals surface area contributed by atoms with Crippen LogP contribution in [0.25, 0.3) is 0 Å². The summed E-state index contributed by atoms with van der Waals surface area (Å²) in [5.74, 6) is 0. The van der Waals surface area contributed by atoms with Gasteiger partial charge in [-0.1, -0.05) is 29.9 Å². The van der Waals surface area contributed by atoms with Crippen molar-refractivity contribution >= 4 is 28.6 Å². The molecule has 4 heteroatoms.